The molecule has 2 aromatic heterocycles. The molecule has 0 aliphatic carbocycles. The number of amides is 1. The van der Waals surface area contributed by atoms with Gasteiger partial charge in [0.15, 0.2) is 0 Å². The molecule has 2 aliphatic rings. The second kappa shape index (κ2) is 9.86. The second-order valence-electron chi connectivity index (χ2n) is 7.75. The van der Waals surface area contributed by atoms with Crippen molar-refractivity contribution < 1.29 is 13.2 Å². The summed E-state index contributed by atoms with van der Waals surface area (Å²) in [7, 11) is -3.52. The van der Waals surface area contributed by atoms with Gasteiger partial charge in [-0.2, -0.15) is 9.40 Å². The number of halogens is 1. The summed E-state index contributed by atoms with van der Waals surface area (Å²) in [6.07, 6.45) is 3.02. The molecule has 0 bridgehead atoms. The smallest absolute Gasteiger partial charge is 0.264 e. The summed E-state index contributed by atoms with van der Waals surface area (Å²) in [5.41, 5.74) is -0.241. The Labute approximate surface area is 198 Å². The van der Waals surface area contributed by atoms with Crippen LogP contribution in [0.3, 0.4) is 0 Å². The average molecular weight is 542 g/mol. The van der Waals surface area contributed by atoms with E-state index >= 15 is 0 Å². The summed E-state index contributed by atoms with van der Waals surface area (Å²) >= 11 is 4.83. The van der Waals surface area contributed by atoms with Crippen molar-refractivity contribution in [2.45, 2.75) is 12.8 Å². The molecule has 0 aromatic carbocycles. The summed E-state index contributed by atoms with van der Waals surface area (Å²) in [6.45, 7) is 2.77. The van der Waals surface area contributed by atoms with Crippen LogP contribution in [0.1, 0.15) is 17.7 Å². The SMILES string of the molecule is O=C(C1CCN(c2ccc(=O)[nH]n2)CC1)N1CCN(S(=O)(=O)/C=C/c2ccc(Br)s2)CC1. The van der Waals surface area contributed by atoms with Gasteiger partial charge in [-0.25, -0.2) is 13.5 Å². The molecule has 1 N–H and O–H groups in total. The highest BCUT2D eigenvalue weighted by atomic mass is 79.9. The number of carbonyl (C=O) groups is 1. The molecule has 4 heterocycles. The van der Waals surface area contributed by atoms with Gasteiger partial charge in [-0.05, 0) is 53.0 Å². The highest BCUT2D eigenvalue weighted by molar-refractivity contribution is 9.11. The van der Waals surface area contributed by atoms with E-state index in [2.05, 4.69) is 31.0 Å². The number of aromatic amines is 1. The third-order valence-corrected chi connectivity index (χ3v) is 8.89. The van der Waals surface area contributed by atoms with Crippen molar-refractivity contribution in [3.8, 4) is 0 Å². The number of H-pyrrole nitrogens is 1. The molecule has 12 heteroatoms. The van der Waals surface area contributed by atoms with Gasteiger partial charge in [0.1, 0.15) is 5.82 Å². The van der Waals surface area contributed by atoms with Crippen LogP contribution in [0.25, 0.3) is 6.08 Å². The maximum Gasteiger partial charge on any atom is 0.264 e. The van der Waals surface area contributed by atoms with E-state index in [1.54, 1.807) is 17.0 Å². The lowest BCUT2D eigenvalue weighted by atomic mass is 9.95. The van der Waals surface area contributed by atoms with Crippen molar-refractivity contribution in [3.63, 3.8) is 0 Å². The van der Waals surface area contributed by atoms with Crippen molar-refractivity contribution in [3.05, 3.63) is 48.7 Å². The zero-order valence-electron chi connectivity index (χ0n) is 17.3. The fourth-order valence-electron chi connectivity index (χ4n) is 3.95. The van der Waals surface area contributed by atoms with Crippen LogP contribution in [0.15, 0.2) is 38.3 Å². The number of thiophene rings is 1. The van der Waals surface area contributed by atoms with Crippen LogP contribution in [0.5, 0.6) is 0 Å². The summed E-state index contributed by atoms with van der Waals surface area (Å²) in [5.74, 6) is 0.724. The number of carbonyl (C=O) groups excluding carboxylic acids is 1. The van der Waals surface area contributed by atoms with Crippen molar-refractivity contribution in [2.75, 3.05) is 44.2 Å². The third-order valence-electron chi connectivity index (χ3n) is 5.74. The van der Waals surface area contributed by atoms with Crippen molar-refractivity contribution in [1.29, 1.82) is 0 Å². The molecule has 9 nitrogen and oxygen atoms in total. The zero-order chi connectivity index (χ0) is 22.7. The maximum absolute atomic E-state index is 13.0. The number of anilines is 1. The Hall–Kier alpha value is -2.02. The van der Waals surface area contributed by atoms with E-state index < -0.39 is 10.0 Å². The highest BCUT2D eigenvalue weighted by Crippen LogP contribution is 2.25. The van der Waals surface area contributed by atoms with Gasteiger partial charge in [-0.1, -0.05) is 0 Å². The van der Waals surface area contributed by atoms with Crippen molar-refractivity contribution in [2.24, 2.45) is 5.92 Å². The van der Waals surface area contributed by atoms with Crippen LogP contribution < -0.4 is 10.5 Å². The molecule has 0 radical (unpaired) electrons. The molecule has 2 aliphatic heterocycles. The zero-order valence-corrected chi connectivity index (χ0v) is 20.5. The second-order valence-corrected chi connectivity index (χ2v) is 12.1. The summed E-state index contributed by atoms with van der Waals surface area (Å²) in [4.78, 5) is 28.8. The van der Waals surface area contributed by atoms with Crippen LogP contribution in [-0.4, -0.2) is 73.0 Å². The quantitative estimate of drug-likeness (QED) is 0.619. The molecule has 2 saturated heterocycles. The summed E-state index contributed by atoms with van der Waals surface area (Å²) in [6, 6.07) is 6.87. The number of piperazine rings is 1. The normalized spacial score (nSPS) is 19.0. The Morgan fingerprint density at radius 2 is 1.81 bits per heavy atom. The number of hydrogen-bond donors (Lipinski definition) is 1. The largest absolute Gasteiger partial charge is 0.355 e. The number of piperidine rings is 1. The van der Waals surface area contributed by atoms with Gasteiger partial charge in [-0.15, -0.1) is 11.3 Å². The summed E-state index contributed by atoms with van der Waals surface area (Å²) in [5, 5.41) is 7.73. The van der Waals surface area contributed by atoms with E-state index in [9.17, 15) is 18.0 Å². The van der Waals surface area contributed by atoms with Gasteiger partial charge < -0.3 is 9.80 Å². The monoisotopic (exact) mass is 541 g/mol. The molecule has 0 unspecified atom stereocenters. The van der Waals surface area contributed by atoms with Crippen molar-refractivity contribution in [1.82, 2.24) is 19.4 Å². The van der Waals surface area contributed by atoms with Gasteiger partial charge in [0.2, 0.25) is 15.9 Å². The molecule has 0 atom stereocenters. The Morgan fingerprint density at radius 1 is 1.09 bits per heavy atom. The highest BCUT2D eigenvalue weighted by Gasteiger charge is 2.32. The van der Waals surface area contributed by atoms with E-state index in [-0.39, 0.29) is 17.4 Å². The average Bonchev–Trinajstić information content (AvgIpc) is 3.23. The Balaban J connectivity index is 1.27. The molecule has 4 rings (SSSR count). The van der Waals surface area contributed by atoms with Crippen LogP contribution in [0.4, 0.5) is 5.82 Å². The molecular weight excluding hydrogens is 518 g/mol. The topological polar surface area (TPSA) is 107 Å². The lowest BCUT2D eigenvalue weighted by molar-refractivity contribution is -0.137. The van der Waals surface area contributed by atoms with Crippen LogP contribution >= 0.6 is 27.3 Å². The van der Waals surface area contributed by atoms with Crippen LogP contribution in [0, 0.1) is 5.92 Å². The number of aromatic nitrogens is 2. The van der Waals surface area contributed by atoms with E-state index in [0.29, 0.717) is 57.9 Å². The Morgan fingerprint density at radius 3 is 2.41 bits per heavy atom. The summed E-state index contributed by atoms with van der Waals surface area (Å²) < 4.78 is 27.6. The number of sulfonamides is 1. The first-order valence-electron chi connectivity index (χ1n) is 10.3. The molecule has 172 valence electrons. The van der Waals surface area contributed by atoms with E-state index in [4.69, 9.17) is 0 Å². The van der Waals surface area contributed by atoms with Gasteiger partial charge >= 0.3 is 0 Å². The van der Waals surface area contributed by atoms with Gasteiger partial charge in [0.25, 0.3) is 5.56 Å². The first kappa shape index (κ1) is 23.1. The minimum absolute atomic E-state index is 0.0747. The van der Waals surface area contributed by atoms with Gasteiger partial charge in [0.05, 0.1) is 3.79 Å². The lowest BCUT2D eigenvalue weighted by Crippen LogP contribution is -2.52. The number of hydrogen-bond acceptors (Lipinski definition) is 7. The maximum atomic E-state index is 13.0. The molecule has 2 fully saturated rings. The number of nitrogens with one attached hydrogen (secondary N) is 1. The number of rotatable bonds is 5. The molecular formula is C20H24BrN5O4S2. The minimum atomic E-state index is -3.52. The molecule has 2 aromatic rings. The first-order chi connectivity index (χ1) is 15.3. The van der Waals surface area contributed by atoms with Crippen LogP contribution in [-0.2, 0) is 14.8 Å². The Kier molecular flexibility index (Phi) is 7.13. The number of nitrogens with zero attached hydrogens (tertiary/aromatic N) is 4. The minimum Gasteiger partial charge on any atom is -0.355 e. The molecule has 1 amide bonds. The van der Waals surface area contributed by atoms with E-state index in [1.807, 2.05) is 12.1 Å². The van der Waals surface area contributed by atoms with Gasteiger partial charge in [0, 0.05) is 61.5 Å². The third kappa shape index (κ3) is 5.48. The fourth-order valence-corrected chi connectivity index (χ4v) is 6.52. The standard InChI is InChI=1S/C20H24BrN5O4S2/c21-17-2-1-16(31-17)7-14-32(29,30)26-12-10-25(11-13-26)20(28)15-5-8-24(9-6-15)18-3-4-19(27)23-22-18/h1-4,7,14-15H,5-6,8-13H2,(H,23,27)/b14-7+. The predicted octanol–water partition coefficient (Wildman–Crippen LogP) is 1.96. The molecule has 0 saturated carbocycles. The fraction of sp³-hybridized carbons (Fsp3) is 0.450. The lowest BCUT2D eigenvalue weighted by Gasteiger charge is -2.38. The van der Waals surface area contributed by atoms with Crippen molar-refractivity contribution >= 4 is 55.1 Å². The van der Waals surface area contributed by atoms with Crippen LogP contribution in [0.2, 0.25) is 0 Å². The molecule has 32 heavy (non-hydrogen) atoms. The molecule has 0 spiro atoms. The Bertz CT molecular complexity index is 1130. The first-order valence-corrected chi connectivity index (χ1v) is 13.5. The predicted molar refractivity (Wildman–Crippen MR) is 128 cm³/mol. The van der Waals surface area contributed by atoms with Gasteiger partial charge in [-0.3, -0.25) is 9.59 Å². The van der Waals surface area contributed by atoms with E-state index in [0.717, 1.165) is 8.66 Å². The van der Waals surface area contributed by atoms with E-state index in [1.165, 1.54) is 27.1 Å².